The fourth-order valence-electron chi connectivity index (χ4n) is 3.88. The number of carbonyl (C=O) groups excluding carboxylic acids is 1. The van der Waals surface area contributed by atoms with Crippen LogP contribution in [0.15, 0.2) is 28.7 Å². The van der Waals surface area contributed by atoms with E-state index >= 15 is 0 Å². The highest BCUT2D eigenvalue weighted by Gasteiger charge is 2.34. The Bertz CT molecular complexity index is 486. The van der Waals surface area contributed by atoms with Gasteiger partial charge in [-0.05, 0) is 44.2 Å². The standard InChI is InChI=1S/C17H22BrNO/c18-15-9-3-2-8-14(15)17(20)12-19-11-5-7-13-6-1-4-10-16(13)19/h2-3,8-9,13,16H,1,4-7,10-12H2/t13-,16-/m1/s1. The predicted molar refractivity (Wildman–Crippen MR) is 85.0 cm³/mol. The highest BCUT2D eigenvalue weighted by atomic mass is 79.9. The van der Waals surface area contributed by atoms with E-state index in [1.807, 2.05) is 24.3 Å². The number of rotatable bonds is 3. The molecular weight excluding hydrogens is 314 g/mol. The molecule has 1 heterocycles. The summed E-state index contributed by atoms with van der Waals surface area (Å²) in [5.41, 5.74) is 0.824. The molecule has 0 aromatic heterocycles. The van der Waals surface area contributed by atoms with Gasteiger partial charge in [-0.3, -0.25) is 9.69 Å². The summed E-state index contributed by atoms with van der Waals surface area (Å²) in [4.78, 5) is 15.0. The molecule has 1 aliphatic carbocycles. The molecule has 3 rings (SSSR count). The number of nitrogens with zero attached hydrogens (tertiary/aromatic N) is 1. The third-order valence-corrected chi connectivity index (χ3v) is 5.57. The number of Topliss-reactive ketones (excluding diaryl/α,β-unsaturated/α-hetero) is 1. The van der Waals surface area contributed by atoms with E-state index in [0.717, 1.165) is 22.5 Å². The van der Waals surface area contributed by atoms with Gasteiger partial charge < -0.3 is 0 Å². The molecule has 0 bridgehead atoms. The number of carbonyl (C=O) groups is 1. The first-order valence-corrected chi connectivity index (χ1v) is 8.57. The molecule has 2 nitrogen and oxygen atoms in total. The van der Waals surface area contributed by atoms with Crippen molar-refractivity contribution < 1.29 is 4.79 Å². The summed E-state index contributed by atoms with van der Waals surface area (Å²) in [7, 11) is 0. The Balaban J connectivity index is 1.70. The topological polar surface area (TPSA) is 20.3 Å². The molecule has 2 fully saturated rings. The lowest BCUT2D eigenvalue weighted by atomic mass is 9.78. The molecule has 2 aliphatic rings. The molecule has 1 saturated heterocycles. The van der Waals surface area contributed by atoms with Crippen LogP contribution >= 0.6 is 15.9 Å². The molecular formula is C17H22BrNO. The number of halogens is 1. The van der Waals surface area contributed by atoms with E-state index < -0.39 is 0 Å². The Morgan fingerprint density at radius 1 is 1.15 bits per heavy atom. The van der Waals surface area contributed by atoms with Crippen LogP contribution < -0.4 is 0 Å². The summed E-state index contributed by atoms with van der Waals surface area (Å²) in [5.74, 6) is 1.09. The van der Waals surface area contributed by atoms with Gasteiger partial charge in [0, 0.05) is 16.1 Å². The average molecular weight is 336 g/mol. The van der Waals surface area contributed by atoms with E-state index in [-0.39, 0.29) is 5.78 Å². The summed E-state index contributed by atoms with van der Waals surface area (Å²) in [5, 5.41) is 0. The maximum absolute atomic E-state index is 12.5. The lowest BCUT2D eigenvalue weighted by molar-refractivity contribution is 0.0539. The monoisotopic (exact) mass is 335 g/mol. The summed E-state index contributed by atoms with van der Waals surface area (Å²) >= 11 is 3.49. The number of hydrogen-bond donors (Lipinski definition) is 0. The molecule has 3 heteroatoms. The Morgan fingerprint density at radius 2 is 1.90 bits per heavy atom. The fourth-order valence-corrected chi connectivity index (χ4v) is 4.39. The Kier molecular flexibility index (Phi) is 4.57. The van der Waals surface area contributed by atoms with Crippen LogP contribution in [0.1, 0.15) is 48.9 Å². The summed E-state index contributed by atoms with van der Waals surface area (Å²) in [6, 6.07) is 8.43. The van der Waals surface area contributed by atoms with Crippen molar-refractivity contribution in [2.24, 2.45) is 5.92 Å². The summed E-state index contributed by atoms with van der Waals surface area (Å²) < 4.78 is 0.919. The van der Waals surface area contributed by atoms with Gasteiger partial charge in [-0.2, -0.15) is 0 Å². The van der Waals surface area contributed by atoms with Crippen LogP contribution in [0.3, 0.4) is 0 Å². The molecule has 1 aromatic carbocycles. The number of ketones is 1. The molecule has 20 heavy (non-hydrogen) atoms. The van der Waals surface area contributed by atoms with Gasteiger partial charge in [0.2, 0.25) is 0 Å². The van der Waals surface area contributed by atoms with E-state index in [1.54, 1.807) is 0 Å². The maximum Gasteiger partial charge on any atom is 0.177 e. The van der Waals surface area contributed by atoms with Crippen LogP contribution in [0.25, 0.3) is 0 Å². The van der Waals surface area contributed by atoms with Crippen LogP contribution in [0.5, 0.6) is 0 Å². The quantitative estimate of drug-likeness (QED) is 0.768. The fraction of sp³-hybridized carbons (Fsp3) is 0.588. The van der Waals surface area contributed by atoms with E-state index in [1.165, 1.54) is 38.5 Å². The van der Waals surface area contributed by atoms with Gasteiger partial charge in [0.25, 0.3) is 0 Å². The molecule has 2 atom stereocenters. The zero-order valence-corrected chi connectivity index (χ0v) is 13.4. The smallest absolute Gasteiger partial charge is 0.177 e. The van der Waals surface area contributed by atoms with Crippen molar-refractivity contribution in [2.75, 3.05) is 13.1 Å². The van der Waals surface area contributed by atoms with Crippen molar-refractivity contribution in [3.8, 4) is 0 Å². The van der Waals surface area contributed by atoms with Crippen molar-refractivity contribution in [1.82, 2.24) is 4.90 Å². The van der Waals surface area contributed by atoms with Crippen molar-refractivity contribution in [3.05, 3.63) is 34.3 Å². The number of hydrogen-bond acceptors (Lipinski definition) is 2. The number of piperidine rings is 1. The van der Waals surface area contributed by atoms with Gasteiger partial charge in [-0.15, -0.1) is 0 Å². The van der Waals surface area contributed by atoms with Crippen LogP contribution in [0.4, 0.5) is 0 Å². The van der Waals surface area contributed by atoms with E-state index in [4.69, 9.17) is 0 Å². The highest BCUT2D eigenvalue weighted by Crippen LogP contribution is 2.35. The first kappa shape index (κ1) is 14.3. The Hall–Kier alpha value is -0.670. The minimum Gasteiger partial charge on any atom is -0.293 e. The average Bonchev–Trinajstić information content (AvgIpc) is 2.48. The largest absolute Gasteiger partial charge is 0.293 e. The second kappa shape index (κ2) is 6.40. The SMILES string of the molecule is O=C(CN1CCC[C@H]2CCCC[C@H]21)c1ccccc1Br. The lowest BCUT2D eigenvalue weighted by Crippen LogP contribution is -2.48. The second-order valence-electron chi connectivity index (χ2n) is 6.13. The molecule has 0 unspecified atom stereocenters. The molecule has 1 aromatic rings. The first-order chi connectivity index (χ1) is 9.75. The highest BCUT2D eigenvalue weighted by molar-refractivity contribution is 9.10. The third-order valence-electron chi connectivity index (χ3n) is 4.88. The van der Waals surface area contributed by atoms with Gasteiger partial charge >= 0.3 is 0 Å². The minimum atomic E-state index is 0.253. The Labute approximate surface area is 129 Å². The van der Waals surface area contributed by atoms with Crippen molar-refractivity contribution >= 4 is 21.7 Å². The minimum absolute atomic E-state index is 0.253. The van der Waals surface area contributed by atoms with Crippen molar-refractivity contribution in [3.63, 3.8) is 0 Å². The number of fused-ring (bicyclic) bond motifs is 1. The summed E-state index contributed by atoms with van der Waals surface area (Å²) in [6.07, 6.45) is 7.99. The molecule has 0 amide bonds. The second-order valence-corrected chi connectivity index (χ2v) is 6.98. The van der Waals surface area contributed by atoms with Gasteiger partial charge in [0.15, 0.2) is 5.78 Å². The lowest BCUT2D eigenvalue weighted by Gasteiger charge is -2.43. The molecule has 1 aliphatic heterocycles. The predicted octanol–water partition coefficient (Wildman–Crippen LogP) is 4.29. The number of benzene rings is 1. The van der Waals surface area contributed by atoms with Gasteiger partial charge in [0.05, 0.1) is 6.54 Å². The van der Waals surface area contributed by atoms with Gasteiger partial charge in [-0.25, -0.2) is 0 Å². The normalized spacial score (nSPS) is 27.1. The van der Waals surface area contributed by atoms with Crippen LogP contribution in [0, 0.1) is 5.92 Å². The molecule has 0 N–H and O–H groups in total. The van der Waals surface area contributed by atoms with Crippen LogP contribution in [-0.2, 0) is 0 Å². The van der Waals surface area contributed by atoms with E-state index in [9.17, 15) is 4.79 Å². The van der Waals surface area contributed by atoms with Crippen LogP contribution in [0.2, 0.25) is 0 Å². The molecule has 0 radical (unpaired) electrons. The first-order valence-electron chi connectivity index (χ1n) is 7.77. The molecule has 1 saturated carbocycles. The zero-order valence-electron chi connectivity index (χ0n) is 11.9. The van der Waals surface area contributed by atoms with Gasteiger partial charge in [0.1, 0.15) is 0 Å². The third kappa shape index (κ3) is 2.99. The van der Waals surface area contributed by atoms with E-state index in [2.05, 4.69) is 20.8 Å². The van der Waals surface area contributed by atoms with Crippen LogP contribution in [-0.4, -0.2) is 29.8 Å². The van der Waals surface area contributed by atoms with E-state index in [0.29, 0.717) is 12.6 Å². The zero-order chi connectivity index (χ0) is 13.9. The maximum atomic E-state index is 12.5. The molecule has 0 spiro atoms. The number of likely N-dealkylation sites (tertiary alicyclic amines) is 1. The van der Waals surface area contributed by atoms with Crippen molar-refractivity contribution in [1.29, 1.82) is 0 Å². The van der Waals surface area contributed by atoms with Crippen molar-refractivity contribution in [2.45, 2.75) is 44.6 Å². The molecule has 108 valence electrons. The summed E-state index contributed by atoms with van der Waals surface area (Å²) in [6.45, 7) is 1.68. The Morgan fingerprint density at radius 3 is 2.75 bits per heavy atom. The van der Waals surface area contributed by atoms with Gasteiger partial charge in [-0.1, -0.05) is 47.0 Å².